The second-order valence-electron chi connectivity index (χ2n) is 5.40. The van der Waals surface area contributed by atoms with Crippen molar-refractivity contribution in [2.45, 2.75) is 50.3 Å². The van der Waals surface area contributed by atoms with Crippen molar-refractivity contribution in [3.63, 3.8) is 0 Å². The molecule has 20 heavy (non-hydrogen) atoms. The quantitative estimate of drug-likeness (QED) is 0.606. The summed E-state index contributed by atoms with van der Waals surface area (Å²) in [5.74, 6) is -1.48. The number of carboxylic acids is 1. The maximum Gasteiger partial charge on any atom is 0.303 e. The fourth-order valence-corrected chi connectivity index (χ4v) is 2.85. The van der Waals surface area contributed by atoms with Gasteiger partial charge in [-0.3, -0.25) is 14.4 Å². The topological polar surface area (TPSA) is 107 Å². The van der Waals surface area contributed by atoms with E-state index in [0.717, 1.165) is 19.4 Å². The van der Waals surface area contributed by atoms with Crippen LogP contribution in [0.1, 0.15) is 32.1 Å². The number of hydrogen-bond donors (Lipinski definition) is 3. The van der Waals surface area contributed by atoms with Gasteiger partial charge in [0.15, 0.2) is 5.78 Å². The van der Waals surface area contributed by atoms with Crippen molar-refractivity contribution in [2.24, 2.45) is 0 Å². The van der Waals surface area contributed by atoms with E-state index in [1.807, 2.05) is 0 Å². The van der Waals surface area contributed by atoms with Gasteiger partial charge in [-0.1, -0.05) is 0 Å². The first-order valence-corrected chi connectivity index (χ1v) is 6.95. The molecule has 2 rings (SSSR count). The summed E-state index contributed by atoms with van der Waals surface area (Å²) in [6, 6.07) is -0.964. The first-order valence-electron chi connectivity index (χ1n) is 6.95. The Balaban J connectivity index is 2.00. The number of ketones is 1. The molecule has 0 radical (unpaired) electrons. The number of carbonyl (C=O) groups excluding carboxylic acids is 2. The van der Waals surface area contributed by atoms with Crippen molar-refractivity contribution >= 4 is 17.7 Å². The molecule has 2 heterocycles. The molecule has 0 aromatic heterocycles. The van der Waals surface area contributed by atoms with E-state index < -0.39 is 18.1 Å². The molecule has 2 aliphatic heterocycles. The monoisotopic (exact) mass is 284 g/mol. The lowest BCUT2D eigenvalue weighted by atomic mass is 10.0. The molecular weight excluding hydrogens is 264 g/mol. The number of nitrogens with zero attached hydrogens (tertiary/aromatic N) is 1. The second-order valence-corrected chi connectivity index (χ2v) is 5.40. The summed E-state index contributed by atoms with van der Waals surface area (Å²) >= 11 is 0. The molecule has 3 unspecified atom stereocenters. The average molecular weight is 284 g/mol. The summed E-state index contributed by atoms with van der Waals surface area (Å²) < 4.78 is 0. The summed E-state index contributed by atoms with van der Waals surface area (Å²) in [6.07, 6.45) is 0.811. The van der Waals surface area contributed by atoms with E-state index in [4.69, 9.17) is 5.11 Å². The number of hydrogen-bond acceptors (Lipinski definition) is 5. The van der Waals surface area contributed by atoms with Crippen molar-refractivity contribution in [1.29, 1.82) is 0 Å². The van der Waals surface area contributed by atoms with Gasteiger partial charge in [-0.05, 0) is 19.4 Å². The maximum absolute atomic E-state index is 12.3. The number of aliphatic hydroxyl groups is 1. The van der Waals surface area contributed by atoms with Crippen LogP contribution in [-0.2, 0) is 14.4 Å². The predicted octanol–water partition coefficient (Wildman–Crippen LogP) is -0.866. The number of nitrogens with one attached hydrogen (secondary N) is 1. The molecule has 2 fully saturated rings. The molecule has 112 valence electrons. The zero-order valence-corrected chi connectivity index (χ0v) is 11.2. The number of likely N-dealkylation sites (tertiary alicyclic amines) is 1. The van der Waals surface area contributed by atoms with E-state index in [-0.39, 0.29) is 43.5 Å². The highest BCUT2D eigenvalue weighted by molar-refractivity contribution is 5.92. The van der Waals surface area contributed by atoms with Gasteiger partial charge in [-0.2, -0.15) is 0 Å². The van der Waals surface area contributed by atoms with Crippen molar-refractivity contribution < 1.29 is 24.6 Å². The van der Waals surface area contributed by atoms with Crippen LogP contribution in [0.3, 0.4) is 0 Å². The van der Waals surface area contributed by atoms with Gasteiger partial charge in [-0.15, -0.1) is 0 Å². The third-order valence-corrected chi connectivity index (χ3v) is 3.88. The number of rotatable bonds is 5. The van der Waals surface area contributed by atoms with E-state index in [9.17, 15) is 19.5 Å². The Morgan fingerprint density at radius 2 is 2.00 bits per heavy atom. The predicted molar refractivity (Wildman–Crippen MR) is 69.0 cm³/mol. The lowest BCUT2D eigenvalue weighted by molar-refractivity contribution is -0.141. The molecule has 0 aromatic rings. The fraction of sp³-hybridized carbons (Fsp3) is 0.769. The summed E-state index contributed by atoms with van der Waals surface area (Å²) in [7, 11) is 0. The minimum atomic E-state index is -1.03. The van der Waals surface area contributed by atoms with Gasteiger partial charge in [0.25, 0.3) is 0 Å². The number of amides is 1. The van der Waals surface area contributed by atoms with Crippen LogP contribution in [0, 0.1) is 0 Å². The van der Waals surface area contributed by atoms with Crippen LogP contribution in [0.15, 0.2) is 0 Å². The largest absolute Gasteiger partial charge is 0.481 e. The Bertz CT molecular complexity index is 406. The lowest BCUT2D eigenvalue weighted by Gasteiger charge is -2.26. The number of carbonyl (C=O) groups is 3. The van der Waals surface area contributed by atoms with Crippen LogP contribution < -0.4 is 5.32 Å². The van der Waals surface area contributed by atoms with Crippen LogP contribution in [0.5, 0.6) is 0 Å². The molecular formula is C13H20N2O5. The SMILES string of the molecule is O=C(O)CCC(=O)C1CC(O)CN1C(=O)C1CCCN1. The van der Waals surface area contributed by atoms with E-state index in [1.165, 1.54) is 4.90 Å². The van der Waals surface area contributed by atoms with Crippen LogP contribution in [0.4, 0.5) is 0 Å². The number of aliphatic carboxylic acids is 1. The normalized spacial score (nSPS) is 29.6. The summed E-state index contributed by atoms with van der Waals surface area (Å²) in [6.45, 7) is 0.935. The molecule has 0 aromatic carbocycles. The van der Waals surface area contributed by atoms with Crippen LogP contribution in [0.25, 0.3) is 0 Å². The molecule has 0 spiro atoms. The smallest absolute Gasteiger partial charge is 0.303 e. The summed E-state index contributed by atoms with van der Waals surface area (Å²) in [5.41, 5.74) is 0. The Kier molecular flexibility index (Phi) is 4.72. The summed E-state index contributed by atoms with van der Waals surface area (Å²) in [4.78, 5) is 36.3. The van der Waals surface area contributed by atoms with Crippen molar-refractivity contribution in [3.8, 4) is 0 Å². The maximum atomic E-state index is 12.3. The molecule has 0 aliphatic carbocycles. The Morgan fingerprint density at radius 1 is 1.25 bits per heavy atom. The molecule has 3 atom stereocenters. The number of aliphatic hydroxyl groups excluding tert-OH is 1. The van der Waals surface area contributed by atoms with Crippen LogP contribution >= 0.6 is 0 Å². The highest BCUT2D eigenvalue weighted by Crippen LogP contribution is 2.23. The summed E-state index contributed by atoms with van der Waals surface area (Å²) in [5, 5.41) is 21.4. The third kappa shape index (κ3) is 3.34. The van der Waals surface area contributed by atoms with Crippen molar-refractivity contribution in [1.82, 2.24) is 10.2 Å². The molecule has 0 saturated carbocycles. The highest BCUT2D eigenvalue weighted by Gasteiger charge is 2.41. The molecule has 2 saturated heterocycles. The zero-order valence-electron chi connectivity index (χ0n) is 11.2. The van der Waals surface area contributed by atoms with Crippen molar-refractivity contribution in [2.75, 3.05) is 13.1 Å². The van der Waals surface area contributed by atoms with E-state index in [2.05, 4.69) is 5.32 Å². The van der Waals surface area contributed by atoms with E-state index >= 15 is 0 Å². The van der Waals surface area contributed by atoms with E-state index in [0.29, 0.717) is 0 Å². The van der Waals surface area contributed by atoms with Gasteiger partial charge >= 0.3 is 5.97 Å². The van der Waals surface area contributed by atoms with Gasteiger partial charge in [0.1, 0.15) is 0 Å². The number of carboxylic acid groups (broad SMARTS) is 1. The first kappa shape index (κ1) is 14.9. The van der Waals surface area contributed by atoms with E-state index in [1.54, 1.807) is 0 Å². The minimum Gasteiger partial charge on any atom is -0.481 e. The molecule has 7 heteroatoms. The van der Waals surface area contributed by atoms with Gasteiger partial charge in [0.2, 0.25) is 5.91 Å². The van der Waals surface area contributed by atoms with Crippen molar-refractivity contribution in [3.05, 3.63) is 0 Å². The number of Topliss-reactive ketones (excluding diaryl/α,β-unsaturated/α-hetero) is 1. The second kappa shape index (κ2) is 6.32. The molecule has 0 bridgehead atoms. The first-order chi connectivity index (χ1) is 9.49. The minimum absolute atomic E-state index is 0.103. The third-order valence-electron chi connectivity index (χ3n) is 3.88. The Labute approximate surface area is 116 Å². The highest BCUT2D eigenvalue weighted by atomic mass is 16.4. The van der Waals surface area contributed by atoms with Gasteiger partial charge in [0.05, 0.1) is 24.6 Å². The van der Waals surface area contributed by atoms with Gasteiger partial charge in [-0.25, -0.2) is 0 Å². The van der Waals surface area contributed by atoms with Crippen LogP contribution in [0.2, 0.25) is 0 Å². The molecule has 1 amide bonds. The lowest BCUT2D eigenvalue weighted by Crippen LogP contribution is -2.48. The van der Waals surface area contributed by atoms with Gasteiger partial charge in [0, 0.05) is 19.4 Å². The van der Waals surface area contributed by atoms with Gasteiger partial charge < -0.3 is 20.4 Å². The van der Waals surface area contributed by atoms with Crippen LogP contribution in [-0.4, -0.2) is 64.0 Å². The Morgan fingerprint density at radius 3 is 2.60 bits per heavy atom. The number of β-amino-alcohol motifs (C(OH)–C–C–N with tert-alkyl or cyclic N) is 1. The molecule has 7 nitrogen and oxygen atoms in total. The molecule has 3 N–H and O–H groups in total. The zero-order chi connectivity index (χ0) is 14.7. The Hall–Kier alpha value is -1.47. The molecule has 2 aliphatic rings. The fourth-order valence-electron chi connectivity index (χ4n) is 2.85. The average Bonchev–Trinajstić information content (AvgIpc) is 3.04. The standard InChI is InChI=1S/C13H20N2O5/c16-8-6-10(11(17)3-4-12(18)19)15(7-8)13(20)9-2-1-5-14-9/h8-10,14,16H,1-7H2,(H,18,19).